The second kappa shape index (κ2) is 7.41. The van der Waals surface area contributed by atoms with Crippen LogP contribution in [0.3, 0.4) is 0 Å². The maximum Gasteiger partial charge on any atom is 0.0841 e. The number of hydrogen-bond donors (Lipinski definition) is 1. The van der Waals surface area contributed by atoms with Gasteiger partial charge in [-0.05, 0) is 18.9 Å². The van der Waals surface area contributed by atoms with Crippen LogP contribution in [-0.4, -0.2) is 29.5 Å². The van der Waals surface area contributed by atoms with E-state index in [0.717, 1.165) is 38.2 Å². The highest BCUT2D eigenvalue weighted by molar-refractivity contribution is 5.81. The van der Waals surface area contributed by atoms with Crippen LogP contribution in [0.4, 0.5) is 0 Å². The van der Waals surface area contributed by atoms with E-state index >= 15 is 0 Å². The van der Waals surface area contributed by atoms with E-state index in [1.54, 1.807) is 7.11 Å². The predicted octanol–water partition coefficient (Wildman–Crippen LogP) is 2.96. The van der Waals surface area contributed by atoms with E-state index in [1.807, 2.05) is 0 Å². The quantitative estimate of drug-likeness (QED) is 0.753. The Bertz CT molecular complexity index is 534. The molecule has 1 aromatic carbocycles. The summed E-state index contributed by atoms with van der Waals surface area (Å²) in [5, 5.41) is 9.48. The minimum absolute atomic E-state index is 0.473. The number of unbranched alkanes of at least 4 members (excludes halogenated alkanes) is 1. The average molecular weight is 275 g/mol. The Morgan fingerprint density at radius 1 is 1.25 bits per heavy atom. The smallest absolute Gasteiger partial charge is 0.0841 e. The summed E-state index contributed by atoms with van der Waals surface area (Å²) in [6.07, 6.45) is 2.17. The van der Waals surface area contributed by atoms with Crippen molar-refractivity contribution in [3.05, 3.63) is 30.0 Å². The Labute approximate surface area is 121 Å². The van der Waals surface area contributed by atoms with Gasteiger partial charge in [0.15, 0.2) is 0 Å². The van der Waals surface area contributed by atoms with Gasteiger partial charge in [0, 0.05) is 38.2 Å². The Kier molecular flexibility index (Phi) is 5.56. The lowest BCUT2D eigenvalue weighted by Gasteiger charge is -2.05. The zero-order valence-electron chi connectivity index (χ0n) is 12.7. The Hall–Kier alpha value is -1.39. The molecule has 4 nitrogen and oxygen atoms in total. The molecular formula is C16H25N3O. The summed E-state index contributed by atoms with van der Waals surface area (Å²) in [4.78, 5) is 0. The van der Waals surface area contributed by atoms with E-state index in [4.69, 9.17) is 9.84 Å². The Morgan fingerprint density at radius 3 is 2.80 bits per heavy atom. The first-order valence-electron chi connectivity index (χ1n) is 7.39. The minimum Gasteiger partial charge on any atom is -0.385 e. The maximum absolute atomic E-state index is 5.10. The van der Waals surface area contributed by atoms with Gasteiger partial charge in [-0.2, -0.15) is 5.10 Å². The van der Waals surface area contributed by atoms with Crippen LogP contribution in [0.2, 0.25) is 0 Å². The van der Waals surface area contributed by atoms with E-state index in [2.05, 4.69) is 48.1 Å². The monoisotopic (exact) mass is 275 g/mol. The highest BCUT2D eigenvalue weighted by Gasteiger charge is 2.09. The van der Waals surface area contributed by atoms with Crippen LogP contribution in [0.5, 0.6) is 0 Å². The summed E-state index contributed by atoms with van der Waals surface area (Å²) >= 11 is 0. The van der Waals surface area contributed by atoms with Crippen LogP contribution in [-0.2, 0) is 17.8 Å². The number of ether oxygens (including phenoxy) is 1. The predicted molar refractivity (Wildman–Crippen MR) is 82.8 cm³/mol. The molecule has 2 aromatic rings. The first-order valence-corrected chi connectivity index (χ1v) is 7.39. The summed E-state index contributed by atoms with van der Waals surface area (Å²) in [6.45, 7) is 6.91. The number of rotatable bonds is 8. The van der Waals surface area contributed by atoms with Crippen molar-refractivity contribution in [1.82, 2.24) is 15.1 Å². The van der Waals surface area contributed by atoms with Crippen LogP contribution < -0.4 is 5.32 Å². The summed E-state index contributed by atoms with van der Waals surface area (Å²) in [7, 11) is 1.75. The molecule has 1 heterocycles. The molecule has 110 valence electrons. The summed E-state index contributed by atoms with van der Waals surface area (Å²) in [5.74, 6) is 0. The molecule has 1 aromatic heterocycles. The van der Waals surface area contributed by atoms with Gasteiger partial charge in [0.2, 0.25) is 0 Å². The van der Waals surface area contributed by atoms with Gasteiger partial charge in [-0.25, -0.2) is 0 Å². The lowest BCUT2D eigenvalue weighted by Crippen LogP contribution is -2.22. The molecule has 0 fully saturated rings. The van der Waals surface area contributed by atoms with Gasteiger partial charge in [0.05, 0.1) is 11.2 Å². The van der Waals surface area contributed by atoms with Crippen LogP contribution >= 0.6 is 0 Å². The Balaban J connectivity index is 2.13. The third kappa shape index (κ3) is 3.81. The van der Waals surface area contributed by atoms with Crippen LogP contribution in [0.15, 0.2) is 24.3 Å². The highest BCUT2D eigenvalue weighted by Crippen LogP contribution is 2.19. The first kappa shape index (κ1) is 15.0. The van der Waals surface area contributed by atoms with E-state index in [9.17, 15) is 0 Å². The van der Waals surface area contributed by atoms with Gasteiger partial charge in [-0.1, -0.05) is 32.0 Å². The number of aryl methyl sites for hydroxylation is 1. The van der Waals surface area contributed by atoms with Crippen molar-refractivity contribution in [3.63, 3.8) is 0 Å². The molecule has 0 saturated heterocycles. The largest absolute Gasteiger partial charge is 0.385 e. The van der Waals surface area contributed by atoms with Crippen LogP contribution in [0.25, 0.3) is 10.9 Å². The summed E-state index contributed by atoms with van der Waals surface area (Å²) in [5.41, 5.74) is 2.37. The van der Waals surface area contributed by atoms with Gasteiger partial charge >= 0.3 is 0 Å². The van der Waals surface area contributed by atoms with Crippen LogP contribution in [0.1, 0.15) is 32.4 Å². The third-order valence-corrected chi connectivity index (χ3v) is 3.38. The van der Waals surface area contributed by atoms with Crippen molar-refractivity contribution in [3.8, 4) is 0 Å². The number of nitrogens with zero attached hydrogens (tertiary/aromatic N) is 2. The molecule has 0 aliphatic heterocycles. The molecule has 0 aliphatic carbocycles. The molecule has 0 aliphatic rings. The lowest BCUT2D eigenvalue weighted by molar-refractivity contribution is 0.191. The molecule has 0 spiro atoms. The fourth-order valence-corrected chi connectivity index (χ4v) is 2.31. The molecule has 0 atom stereocenters. The zero-order valence-corrected chi connectivity index (χ0v) is 12.7. The molecule has 20 heavy (non-hydrogen) atoms. The average Bonchev–Trinajstić information content (AvgIpc) is 2.80. The van der Waals surface area contributed by atoms with Gasteiger partial charge in [-0.3, -0.25) is 4.68 Å². The number of nitrogens with one attached hydrogen (secondary N) is 1. The molecule has 2 rings (SSSR count). The summed E-state index contributed by atoms with van der Waals surface area (Å²) < 4.78 is 7.23. The van der Waals surface area contributed by atoms with E-state index < -0.39 is 0 Å². The molecule has 0 unspecified atom stereocenters. The molecule has 1 N–H and O–H groups in total. The number of aromatic nitrogens is 2. The standard InChI is InChI=1S/C16H25N3O/c1-13(2)17-12-15-14-8-4-5-9-16(14)19(18-15)10-6-7-11-20-3/h4-5,8-9,13,17H,6-7,10-12H2,1-3H3. The van der Waals surface area contributed by atoms with Crippen molar-refractivity contribution in [2.24, 2.45) is 0 Å². The second-order valence-electron chi connectivity index (χ2n) is 5.42. The van der Waals surface area contributed by atoms with Gasteiger partial charge < -0.3 is 10.1 Å². The normalized spacial score (nSPS) is 11.6. The molecule has 0 saturated carbocycles. The van der Waals surface area contributed by atoms with Gasteiger partial charge in [-0.15, -0.1) is 0 Å². The molecular weight excluding hydrogens is 250 g/mol. The first-order chi connectivity index (χ1) is 9.72. The second-order valence-corrected chi connectivity index (χ2v) is 5.42. The van der Waals surface area contributed by atoms with Crippen molar-refractivity contribution in [1.29, 1.82) is 0 Å². The molecule has 4 heteroatoms. The van der Waals surface area contributed by atoms with Crippen LogP contribution in [0, 0.1) is 0 Å². The number of hydrogen-bond acceptors (Lipinski definition) is 3. The number of fused-ring (bicyclic) bond motifs is 1. The minimum atomic E-state index is 0.473. The van der Waals surface area contributed by atoms with Crippen molar-refractivity contribution in [2.75, 3.05) is 13.7 Å². The number of methoxy groups -OCH3 is 1. The van der Waals surface area contributed by atoms with Crippen molar-refractivity contribution in [2.45, 2.75) is 45.8 Å². The SMILES string of the molecule is COCCCCn1nc(CNC(C)C)c2ccccc21. The molecule has 0 amide bonds. The Morgan fingerprint density at radius 2 is 2.05 bits per heavy atom. The zero-order chi connectivity index (χ0) is 14.4. The highest BCUT2D eigenvalue weighted by atomic mass is 16.5. The van der Waals surface area contributed by atoms with Gasteiger partial charge in [0.1, 0.15) is 0 Å². The molecule has 0 bridgehead atoms. The third-order valence-electron chi connectivity index (χ3n) is 3.38. The van der Waals surface area contributed by atoms with E-state index in [-0.39, 0.29) is 0 Å². The lowest BCUT2D eigenvalue weighted by atomic mass is 10.2. The van der Waals surface area contributed by atoms with E-state index in [0.29, 0.717) is 6.04 Å². The maximum atomic E-state index is 5.10. The topological polar surface area (TPSA) is 39.1 Å². The molecule has 0 radical (unpaired) electrons. The van der Waals surface area contributed by atoms with Crippen molar-refractivity contribution >= 4 is 10.9 Å². The fourth-order valence-electron chi connectivity index (χ4n) is 2.31. The van der Waals surface area contributed by atoms with Crippen molar-refractivity contribution < 1.29 is 4.74 Å². The number of para-hydroxylation sites is 1. The summed E-state index contributed by atoms with van der Waals surface area (Å²) in [6, 6.07) is 8.94. The number of benzene rings is 1. The fraction of sp³-hybridized carbons (Fsp3) is 0.562. The van der Waals surface area contributed by atoms with E-state index in [1.165, 1.54) is 10.9 Å². The van der Waals surface area contributed by atoms with Gasteiger partial charge in [0.25, 0.3) is 0 Å².